The molecule has 1 heterocycles. The van der Waals surface area contributed by atoms with Gasteiger partial charge in [-0.25, -0.2) is 9.59 Å². The SMILES string of the molecule is Cc1ccc(-n2c(=O)[nH]c3cccc(C(=O)O)c32)cc1Br. The first kappa shape index (κ1) is 13.6. The number of H-pyrrole nitrogens is 1. The summed E-state index contributed by atoms with van der Waals surface area (Å²) < 4.78 is 2.23. The average molecular weight is 347 g/mol. The van der Waals surface area contributed by atoms with Crippen LogP contribution in [0.5, 0.6) is 0 Å². The summed E-state index contributed by atoms with van der Waals surface area (Å²) in [7, 11) is 0. The molecule has 0 unspecified atom stereocenters. The van der Waals surface area contributed by atoms with E-state index in [4.69, 9.17) is 0 Å². The van der Waals surface area contributed by atoms with Crippen molar-refractivity contribution in [3.63, 3.8) is 0 Å². The number of nitrogens with zero attached hydrogens (tertiary/aromatic N) is 1. The van der Waals surface area contributed by atoms with Crippen molar-refractivity contribution < 1.29 is 9.90 Å². The van der Waals surface area contributed by atoms with Crippen LogP contribution in [-0.2, 0) is 0 Å². The molecule has 0 atom stereocenters. The van der Waals surface area contributed by atoms with Crippen molar-refractivity contribution in [2.24, 2.45) is 0 Å². The first-order chi connectivity index (χ1) is 9.99. The Morgan fingerprint density at radius 2 is 2.05 bits per heavy atom. The summed E-state index contributed by atoms with van der Waals surface area (Å²) in [4.78, 5) is 26.3. The molecule has 3 rings (SSSR count). The number of benzene rings is 2. The lowest BCUT2D eigenvalue weighted by Gasteiger charge is -2.07. The summed E-state index contributed by atoms with van der Waals surface area (Å²) in [6.45, 7) is 1.94. The summed E-state index contributed by atoms with van der Waals surface area (Å²) in [5.41, 5.74) is 2.22. The Labute approximate surface area is 128 Å². The van der Waals surface area contributed by atoms with Crippen LogP contribution in [0.4, 0.5) is 0 Å². The number of para-hydroxylation sites is 1. The summed E-state index contributed by atoms with van der Waals surface area (Å²) >= 11 is 3.43. The molecule has 21 heavy (non-hydrogen) atoms. The van der Waals surface area contributed by atoms with Gasteiger partial charge in [-0.2, -0.15) is 0 Å². The number of rotatable bonds is 2. The second kappa shape index (κ2) is 4.89. The molecule has 2 N–H and O–H groups in total. The molecule has 2 aromatic carbocycles. The van der Waals surface area contributed by atoms with E-state index in [2.05, 4.69) is 20.9 Å². The van der Waals surface area contributed by atoms with Gasteiger partial charge in [0.05, 0.1) is 22.3 Å². The molecule has 0 bridgehead atoms. The first-order valence-electron chi connectivity index (χ1n) is 6.22. The number of nitrogens with one attached hydrogen (secondary N) is 1. The minimum absolute atomic E-state index is 0.0857. The molecule has 0 fully saturated rings. The fourth-order valence-electron chi connectivity index (χ4n) is 2.30. The lowest BCUT2D eigenvalue weighted by atomic mass is 10.1. The van der Waals surface area contributed by atoms with E-state index in [-0.39, 0.29) is 11.3 Å². The largest absolute Gasteiger partial charge is 0.478 e. The monoisotopic (exact) mass is 346 g/mol. The zero-order valence-electron chi connectivity index (χ0n) is 11.1. The highest BCUT2D eigenvalue weighted by atomic mass is 79.9. The highest BCUT2D eigenvalue weighted by Gasteiger charge is 2.16. The second-order valence-corrected chi connectivity index (χ2v) is 5.56. The number of fused-ring (bicyclic) bond motifs is 1. The molecule has 0 saturated heterocycles. The van der Waals surface area contributed by atoms with Gasteiger partial charge in [-0.05, 0) is 36.8 Å². The average Bonchev–Trinajstić information content (AvgIpc) is 2.77. The molecule has 0 aliphatic heterocycles. The van der Waals surface area contributed by atoms with Crippen LogP contribution < -0.4 is 5.69 Å². The maximum Gasteiger partial charge on any atom is 0.337 e. The van der Waals surface area contributed by atoms with Gasteiger partial charge >= 0.3 is 11.7 Å². The minimum Gasteiger partial charge on any atom is -0.478 e. The Balaban J connectivity index is 2.41. The quantitative estimate of drug-likeness (QED) is 0.748. The number of aromatic carboxylic acids is 1. The van der Waals surface area contributed by atoms with E-state index in [0.29, 0.717) is 16.7 Å². The predicted molar refractivity (Wildman–Crippen MR) is 83.3 cm³/mol. The van der Waals surface area contributed by atoms with E-state index in [1.807, 2.05) is 13.0 Å². The number of carboxylic acid groups (broad SMARTS) is 1. The summed E-state index contributed by atoms with van der Waals surface area (Å²) in [5.74, 6) is -1.07. The van der Waals surface area contributed by atoms with Crippen molar-refractivity contribution in [1.29, 1.82) is 0 Å². The van der Waals surface area contributed by atoms with Crippen LogP contribution in [0.1, 0.15) is 15.9 Å². The normalized spacial score (nSPS) is 11.0. The van der Waals surface area contributed by atoms with Crippen LogP contribution in [0.25, 0.3) is 16.7 Å². The van der Waals surface area contributed by atoms with Crippen LogP contribution in [0.2, 0.25) is 0 Å². The van der Waals surface area contributed by atoms with E-state index < -0.39 is 5.97 Å². The lowest BCUT2D eigenvalue weighted by Crippen LogP contribution is -2.15. The molecule has 5 nitrogen and oxygen atoms in total. The van der Waals surface area contributed by atoms with Crippen LogP contribution in [0.3, 0.4) is 0 Å². The summed E-state index contributed by atoms with van der Waals surface area (Å²) in [6.07, 6.45) is 0. The van der Waals surface area contributed by atoms with E-state index in [1.165, 1.54) is 10.6 Å². The number of aromatic nitrogens is 2. The number of aryl methyl sites for hydroxylation is 1. The van der Waals surface area contributed by atoms with Gasteiger partial charge in [0.1, 0.15) is 0 Å². The fraction of sp³-hybridized carbons (Fsp3) is 0.0667. The number of hydrogen-bond acceptors (Lipinski definition) is 2. The number of carboxylic acids is 1. The third kappa shape index (κ3) is 2.17. The number of hydrogen-bond donors (Lipinski definition) is 2. The van der Waals surface area contributed by atoms with Gasteiger partial charge in [-0.15, -0.1) is 0 Å². The molecule has 6 heteroatoms. The Morgan fingerprint density at radius 3 is 2.71 bits per heavy atom. The van der Waals surface area contributed by atoms with Crippen molar-refractivity contribution in [2.45, 2.75) is 6.92 Å². The molecule has 0 saturated carbocycles. The lowest BCUT2D eigenvalue weighted by molar-refractivity contribution is 0.0698. The Bertz CT molecular complexity index is 924. The maximum atomic E-state index is 12.2. The first-order valence-corrected chi connectivity index (χ1v) is 7.02. The molecule has 106 valence electrons. The van der Waals surface area contributed by atoms with E-state index in [1.54, 1.807) is 24.3 Å². The van der Waals surface area contributed by atoms with Crippen LogP contribution in [0.15, 0.2) is 45.7 Å². The van der Waals surface area contributed by atoms with Gasteiger partial charge in [0, 0.05) is 4.47 Å². The van der Waals surface area contributed by atoms with Crippen LogP contribution in [0, 0.1) is 6.92 Å². The summed E-state index contributed by atoms with van der Waals surface area (Å²) in [5, 5.41) is 9.32. The van der Waals surface area contributed by atoms with Crippen molar-refractivity contribution in [2.75, 3.05) is 0 Å². The molecule has 0 amide bonds. The molecular formula is C15H11BrN2O3. The number of halogens is 1. The Hall–Kier alpha value is -2.34. The third-order valence-electron chi connectivity index (χ3n) is 3.35. The predicted octanol–water partition coefficient (Wildman–Crippen LogP) is 3.09. The molecular weight excluding hydrogens is 336 g/mol. The number of carbonyl (C=O) groups is 1. The molecule has 0 radical (unpaired) electrons. The van der Waals surface area contributed by atoms with Crippen LogP contribution in [-0.4, -0.2) is 20.6 Å². The Kier molecular flexibility index (Phi) is 3.17. The maximum absolute atomic E-state index is 12.2. The third-order valence-corrected chi connectivity index (χ3v) is 4.20. The molecule has 3 aromatic rings. The van der Waals surface area contributed by atoms with Crippen molar-refractivity contribution in [1.82, 2.24) is 9.55 Å². The highest BCUT2D eigenvalue weighted by Crippen LogP contribution is 2.23. The van der Waals surface area contributed by atoms with E-state index in [9.17, 15) is 14.7 Å². The standard InChI is InChI=1S/C15H11BrN2O3/c1-8-5-6-9(7-11(8)16)18-13-10(14(19)20)3-2-4-12(13)17-15(18)21/h2-7H,1H3,(H,17,21)(H,19,20). The van der Waals surface area contributed by atoms with Gasteiger partial charge < -0.3 is 10.1 Å². The van der Waals surface area contributed by atoms with Gasteiger partial charge in [0.15, 0.2) is 0 Å². The van der Waals surface area contributed by atoms with Crippen molar-refractivity contribution in [3.05, 3.63) is 62.5 Å². The highest BCUT2D eigenvalue weighted by molar-refractivity contribution is 9.10. The molecule has 0 spiro atoms. The van der Waals surface area contributed by atoms with Crippen LogP contribution >= 0.6 is 15.9 Å². The second-order valence-electron chi connectivity index (χ2n) is 4.71. The van der Waals surface area contributed by atoms with Crippen molar-refractivity contribution >= 4 is 32.9 Å². The van der Waals surface area contributed by atoms with E-state index >= 15 is 0 Å². The smallest absolute Gasteiger partial charge is 0.337 e. The number of aromatic amines is 1. The molecule has 0 aliphatic carbocycles. The van der Waals surface area contributed by atoms with E-state index in [0.717, 1.165) is 10.0 Å². The molecule has 1 aromatic heterocycles. The number of imidazole rings is 1. The molecule has 0 aliphatic rings. The van der Waals surface area contributed by atoms with Crippen molar-refractivity contribution in [3.8, 4) is 5.69 Å². The summed E-state index contributed by atoms with van der Waals surface area (Å²) in [6, 6.07) is 10.2. The minimum atomic E-state index is -1.07. The van der Waals surface area contributed by atoms with Gasteiger partial charge in [0.2, 0.25) is 0 Å². The topological polar surface area (TPSA) is 75.1 Å². The van der Waals surface area contributed by atoms with Gasteiger partial charge in [0.25, 0.3) is 0 Å². The van der Waals surface area contributed by atoms with Gasteiger partial charge in [-0.1, -0.05) is 28.1 Å². The Morgan fingerprint density at radius 1 is 1.29 bits per heavy atom. The van der Waals surface area contributed by atoms with Gasteiger partial charge in [-0.3, -0.25) is 4.57 Å². The zero-order chi connectivity index (χ0) is 15.1. The fourth-order valence-corrected chi connectivity index (χ4v) is 2.66. The zero-order valence-corrected chi connectivity index (χ0v) is 12.6.